The topological polar surface area (TPSA) is 174 Å². The highest BCUT2D eigenvalue weighted by atomic mass is 16.2. The van der Waals surface area contributed by atoms with Crippen molar-refractivity contribution in [1.29, 1.82) is 0 Å². The van der Waals surface area contributed by atoms with E-state index in [2.05, 4.69) is 55.6 Å². The van der Waals surface area contributed by atoms with Gasteiger partial charge in [-0.3, -0.25) is 28.9 Å². The molecular formula is C40H67N7O6. The normalized spacial score (nSPS) is 29.8. The zero-order chi connectivity index (χ0) is 39.6. The number of carbonyl (C=O) groups is 6. The van der Waals surface area contributed by atoms with Crippen molar-refractivity contribution >= 4 is 35.4 Å². The molecule has 2 heterocycles. The Hall–Kier alpha value is -3.22. The average molecular weight is 742 g/mol. The minimum Gasteiger partial charge on any atom is -0.363 e. The number of primary amides is 1. The number of nitrogens with two attached hydrogens (primary N) is 1. The van der Waals surface area contributed by atoms with Gasteiger partial charge in [0.2, 0.25) is 23.5 Å². The lowest BCUT2D eigenvalue weighted by atomic mass is 9.73. The number of ketones is 1. The molecule has 13 heteroatoms. The lowest BCUT2D eigenvalue weighted by Crippen LogP contribution is -2.64. The number of carbonyl (C=O) groups excluding carboxylic acids is 6. The molecule has 6 amide bonds. The van der Waals surface area contributed by atoms with Crippen LogP contribution in [-0.2, 0) is 24.0 Å². The molecule has 0 aromatic heterocycles. The van der Waals surface area contributed by atoms with Crippen molar-refractivity contribution in [2.24, 2.45) is 38.7 Å². The van der Waals surface area contributed by atoms with Crippen LogP contribution in [0, 0.1) is 33.0 Å². The maximum atomic E-state index is 14.9. The van der Waals surface area contributed by atoms with Crippen LogP contribution < -0.4 is 21.7 Å². The monoisotopic (exact) mass is 742 g/mol. The number of fused-ring (bicyclic) bond motifs is 1. The predicted octanol–water partition coefficient (Wildman–Crippen LogP) is 3.19. The maximum Gasteiger partial charge on any atom is 0.316 e. The number of likely N-dealkylation sites (N-methyl/N-ethyl adjacent to an activating group) is 1. The fourth-order valence-electron chi connectivity index (χ4n) is 10.3. The fourth-order valence-corrected chi connectivity index (χ4v) is 10.3. The summed E-state index contributed by atoms with van der Waals surface area (Å²) >= 11 is 0. The van der Waals surface area contributed by atoms with Crippen molar-refractivity contribution in [2.45, 2.75) is 157 Å². The standard InChI is InChI=1S/C40H67N7O6/c1-23-20-46(21-24(2)45(23)11)33(51)29(36(3,4)5)43-35(53)44-30(37(6,7)8)34(52)47-22-40(38(9,10)39(40)16-13-17-39)19-27(47)32(50)42-26(28(48)31(41)49)18-25-14-12-15-25/h23-27,29-30H,12-22H2,1-11H3,(H2,41,49)(H,42,50)(H2,43,44,53)/t23-,24+,26?,27-,29+,30+,40+/m0/s1. The van der Waals surface area contributed by atoms with Crippen LogP contribution in [-0.4, -0.2) is 113 Å². The van der Waals surface area contributed by atoms with E-state index < -0.39 is 58.6 Å². The van der Waals surface area contributed by atoms with Crippen molar-refractivity contribution in [1.82, 2.24) is 30.7 Å². The van der Waals surface area contributed by atoms with Gasteiger partial charge in [0, 0.05) is 37.1 Å². The summed E-state index contributed by atoms with van der Waals surface area (Å²) in [6, 6.07) is -4.15. The molecule has 2 saturated heterocycles. The summed E-state index contributed by atoms with van der Waals surface area (Å²) in [6.07, 6.45) is 6.79. The average Bonchev–Trinajstić information content (AvgIpc) is 3.22. The second-order valence-corrected chi connectivity index (χ2v) is 20.0. The summed E-state index contributed by atoms with van der Waals surface area (Å²) in [5.74, 6) is -2.73. The predicted molar refractivity (Wildman–Crippen MR) is 202 cm³/mol. The van der Waals surface area contributed by atoms with Gasteiger partial charge in [-0.2, -0.15) is 0 Å². The molecule has 298 valence electrons. The van der Waals surface area contributed by atoms with E-state index in [9.17, 15) is 28.8 Å². The molecule has 5 rings (SSSR count). The largest absolute Gasteiger partial charge is 0.363 e. The van der Waals surface area contributed by atoms with E-state index in [1.165, 1.54) is 0 Å². The highest BCUT2D eigenvalue weighted by Gasteiger charge is 2.85. The Bertz CT molecular complexity index is 1480. The second-order valence-electron chi connectivity index (χ2n) is 20.0. The van der Waals surface area contributed by atoms with Crippen LogP contribution in [0.15, 0.2) is 0 Å². The first-order valence-electron chi connectivity index (χ1n) is 19.9. The number of piperazine rings is 1. The van der Waals surface area contributed by atoms with E-state index in [0.717, 1.165) is 38.5 Å². The van der Waals surface area contributed by atoms with Gasteiger partial charge in [-0.15, -0.1) is 0 Å². The molecule has 53 heavy (non-hydrogen) atoms. The van der Waals surface area contributed by atoms with Gasteiger partial charge in [0.1, 0.15) is 18.1 Å². The maximum absolute atomic E-state index is 14.9. The summed E-state index contributed by atoms with van der Waals surface area (Å²) < 4.78 is 0. The molecule has 7 atom stereocenters. The van der Waals surface area contributed by atoms with Crippen LogP contribution in [0.1, 0.15) is 121 Å². The highest BCUT2D eigenvalue weighted by Crippen LogP contribution is 2.88. The van der Waals surface area contributed by atoms with Crippen LogP contribution in [0.5, 0.6) is 0 Å². The van der Waals surface area contributed by atoms with Gasteiger partial charge in [0.25, 0.3) is 5.91 Å². The minimum absolute atomic E-state index is 0.0164. The van der Waals surface area contributed by atoms with E-state index in [1.54, 1.807) is 4.90 Å². The number of hydrogen-bond acceptors (Lipinski definition) is 7. The van der Waals surface area contributed by atoms with Gasteiger partial charge < -0.3 is 31.5 Å². The molecule has 2 aliphatic heterocycles. The van der Waals surface area contributed by atoms with Crippen molar-refractivity contribution < 1.29 is 28.8 Å². The van der Waals surface area contributed by atoms with Gasteiger partial charge in [-0.25, -0.2) is 4.79 Å². The molecular weight excluding hydrogens is 674 g/mol. The van der Waals surface area contributed by atoms with Crippen molar-refractivity contribution in [3.05, 3.63) is 0 Å². The molecule has 0 bridgehead atoms. The summed E-state index contributed by atoms with van der Waals surface area (Å²) in [5, 5.41) is 8.75. The van der Waals surface area contributed by atoms with Gasteiger partial charge in [0.05, 0.1) is 6.04 Å². The first kappa shape index (κ1) is 41.0. The molecule has 5 N–H and O–H groups in total. The SMILES string of the molecule is C[C@@H]1CN(C(=O)[C@@H](NC(=O)N[C@H](C(=O)N2C[C@]3(C[C@H]2C(=O)NC(CC2CCC2)C(=O)C(N)=O)C(C)(C)C32CCC2)C(C)(C)C)C(C)(C)C)C[C@H](C)N1C. The Kier molecular flexibility index (Phi) is 10.9. The third-order valence-electron chi connectivity index (χ3n) is 14.5. The molecule has 5 aliphatic rings. The van der Waals surface area contributed by atoms with Crippen LogP contribution in [0.4, 0.5) is 4.79 Å². The third-order valence-corrected chi connectivity index (χ3v) is 14.5. The quantitative estimate of drug-likeness (QED) is 0.249. The number of urea groups is 1. The molecule has 2 spiro atoms. The van der Waals surface area contributed by atoms with Crippen molar-refractivity contribution in [2.75, 3.05) is 26.7 Å². The Labute approximate surface area is 316 Å². The number of likely N-dealkylation sites (tertiary alicyclic amines) is 1. The van der Waals surface area contributed by atoms with E-state index in [-0.39, 0.29) is 46.1 Å². The van der Waals surface area contributed by atoms with E-state index in [0.29, 0.717) is 32.5 Å². The Morgan fingerprint density at radius 1 is 0.792 bits per heavy atom. The molecule has 1 unspecified atom stereocenters. The second kappa shape index (κ2) is 14.1. The zero-order valence-electron chi connectivity index (χ0n) is 34.2. The van der Waals surface area contributed by atoms with Crippen molar-refractivity contribution in [3.63, 3.8) is 0 Å². The Balaban J connectivity index is 1.39. The van der Waals surface area contributed by atoms with E-state index in [4.69, 9.17) is 5.73 Å². The molecule has 0 aromatic rings. The van der Waals surface area contributed by atoms with Crippen LogP contribution in [0.25, 0.3) is 0 Å². The fraction of sp³-hybridized carbons (Fsp3) is 0.850. The summed E-state index contributed by atoms with van der Waals surface area (Å²) in [6.45, 7) is 21.4. The van der Waals surface area contributed by atoms with Gasteiger partial charge in [0.15, 0.2) is 0 Å². The number of hydrogen-bond donors (Lipinski definition) is 4. The molecule has 3 aliphatic carbocycles. The molecule has 3 saturated carbocycles. The van der Waals surface area contributed by atoms with Gasteiger partial charge >= 0.3 is 6.03 Å². The summed E-state index contributed by atoms with van der Waals surface area (Å²) in [5.41, 5.74) is 3.65. The molecule has 13 nitrogen and oxygen atoms in total. The first-order chi connectivity index (χ1) is 24.4. The number of nitrogens with zero attached hydrogens (tertiary/aromatic N) is 3. The van der Waals surface area contributed by atoms with Gasteiger partial charge in [-0.1, -0.05) is 81.1 Å². The minimum atomic E-state index is -1.09. The lowest BCUT2D eigenvalue weighted by molar-refractivity contribution is -0.143. The summed E-state index contributed by atoms with van der Waals surface area (Å²) in [7, 11) is 2.05. The Morgan fingerprint density at radius 3 is 1.74 bits per heavy atom. The Morgan fingerprint density at radius 2 is 1.32 bits per heavy atom. The van der Waals surface area contributed by atoms with E-state index in [1.807, 2.05) is 46.4 Å². The van der Waals surface area contributed by atoms with Crippen molar-refractivity contribution in [3.8, 4) is 0 Å². The van der Waals surface area contributed by atoms with Crippen LogP contribution in [0.3, 0.4) is 0 Å². The number of nitrogens with one attached hydrogen (secondary N) is 3. The van der Waals surface area contributed by atoms with Crippen LogP contribution in [0.2, 0.25) is 0 Å². The number of amides is 6. The first-order valence-corrected chi connectivity index (χ1v) is 19.9. The number of Topliss-reactive ketones (excluding diaryl/α,β-unsaturated/α-hetero) is 1. The number of rotatable bonds is 10. The third kappa shape index (κ3) is 7.20. The smallest absolute Gasteiger partial charge is 0.316 e. The lowest BCUT2D eigenvalue weighted by Gasteiger charge is -2.45. The van der Waals surface area contributed by atoms with Crippen LogP contribution >= 0.6 is 0 Å². The highest BCUT2D eigenvalue weighted by molar-refractivity contribution is 6.37. The van der Waals surface area contributed by atoms with Gasteiger partial charge in [-0.05, 0) is 74.2 Å². The summed E-state index contributed by atoms with van der Waals surface area (Å²) in [4.78, 5) is 87.8. The zero-order valence-corrected chi connectivity index (χ0v) is 34.2. The molecule has 0 radical (unpaired) electrons. The van der Waals surface area contributed by atoms with E-state index >= 15 is 0 Å². The molecule has 5 fully saturated rings. The molecule has 0 aromatic carbocycles.